The fraction of sp³-hybridized carbons (Fsp3) is 0.542. The van der Waals surface area contributed by atoms with Gasteiger partial charge in [0.2, 0.25) is 5.91 Å². The predicted molar refractivity (Wildman–Crippen MR) is 319 cm³/mol. The maximum Gasteiger partial charge on any atom is 0.416 e. The molecule has 0 bridgehead atoms. The number of alkyl halides is 6. The highest BCUT2D eigenvalue weighted by Gasteiger charge is 2.36. The van der Waals surface area contributed by atoms with E-state index < -0.39 is 69.0 Å². The number of carboxylic acid groups (broad SMARTS) is 1. The Hall–Kier alpha value is -4.50. The molecular weight excluding hydrogens is 1180 g/mol. The first kappa shape index (κ1) is 70.0. The van der Waals surface area contributed by atoms with Crippen molar-refractivity contribution in [1.82, 2.24) is 14.5 Å². The smallest absolute Gasteiger partial charge is 0.416 e. The third-order valence-corrected chi connectivity index (χ3v) is 16.0. The SMILES string of the molecule is CC(C)C[C@H](N)c1cc(C(F)(F)F)ccc1N1CCN(C(=O)CCc2ccc(Cl)cc2Cl)CC1.CC(C)C[C@H](N[S@@](=O)C(C)(C)C)c1cc(C(F)(F)F)ccc1N1CCN(C(=O)OC(C)(C)C)CC1.O=C(O)CCc1ccc(Cl)cc1Cl. The number of carbonyl (C=O) groups is 3. The van der Waals surface area contributed by atoms with Gasteiger partial charge in [-0.1, -0.05) is 86.2 Å². The van der Waals surface area contributed by atoms with Crippen LogP contribution in [0.2, 0.25) is 20.1 Å². The topological polar surface area (TPSA) is 149 Å². The lowest BCUT2D eigenvalue weighted by Gasteiger charge is -2.38. The summed E-state index contributed by atoms with van der Waals surface area (Å²) in [5.74, 6) is -0.391. The Balaban J connectivity index is 0.000000290. The second-order valence-corrected chi connectivity index (χ2v) is 26.8. The molecule has 0 aliphatic carbocycles. The van der Waals surface area contributed by atoms with Crippen LogP contribution in [0.4, 0.5) is 42.5 Å². The minimum atomic E-state index is -4.49. The number of carbonyl (C=O) groups excluding carboxylic acids is 2. The summed E-state index contributed by atoms with van der Waals surface area (Å²) in [5, 5.41) is 10.6. The molecule has 3 atom stereocenters. The summed E-state index contributed by atoms with van der Waals surface area (Å²) in [5.41, 5.74) is 8.31. The van der Waals surface area contributed by atoms with E-state index in [2.05, 4.69) is 4.72 Å². The van der Waals surface area contributed by atoms with E-state index >= 15 is 0 Å². The minimum Gasteiger partial charge on any atom is -0.481 e. The molecule has 4 aromatic rings. The summed E-state index contributed by atoms with van der Waals surface area (Å²) in [6.45, 7) is 22.6. The molecule has 2 heterocycles. The van der Waals surface area contributed by atoms with Gasteiger partial charge in [0.1, 0.15) is 5.60 Å². The van der Waals surface area contributed by atoms with Gasteiger partial charge in [0, 0.05) is 109 Å². The first-order valence-corrected chi connectivity index (χ1v) is 29.8. The molecule has 82 heavy (non-hydrogen) atoms. The van der Waals surface area contributed by atoms with Gasteiger partial charge in [0.15, 0.2) is 0 Å². The number of rotatable bonds is 16. The summed E-state index contributed by atoms with van der Waals surface area (Å²) in [4.78, 5) is 42.9. The van der Waals surface area contributed by atoms with Gasteiger partial charge in [-0.15, -0.1) is 0 Å². The lowest BCUT2D eigenvalue weighted by Crippen LogP contribution is -2.50. The number of nitrogens with two attached hydrogens (primary N) is 1. The van der Waals surface area contributed by atoms with Gasteiger partial charge in [0.25, 0.3) is 0 Å². The van der Waals surface area contributed by atoms with Crippen LogP contribution in [-0.4, -0.2) is 99.8 Å². The molecule has 4 N–H and O–H groups in total. The summed E-state index contributed by atoms with van der Waals surface area (Å²) >= 11 is 23.6. The van der Waals surface area contributed by atoms with Crippen LogP contribution in [0.3, 0.4) is 0 Å². The van der Waals surface area contributed by atoms with Crippen LogP contribution in [-0.2, 0) is 50.5 Å². The molecule has 4 aromatic carbocycles. The quantitative estimate of drug-likeness (QED) is 0.0932. The second-order valence-electron chi connectivity index (χ2n) is 23.1. The number of benzene rings is 4. The van der Waals surface area contributed by atoms with Gasteiger partial charge in [-0.2, -0.15) is 26.3 Å². The minimum absolute atomic E-state index is 0.0230. The number of hydrogen-bond acceptors (Lipinski definition) is 8. The van der Waals surface area contributed by atoms with Crippen molar-refractivity contribution in [2.45, 2.75) is 143 Å². The van der Waals surface area contributed by atoms with E-state index in [1.54, 1.807) is 60.9 Å². The zero-order valence-electron chi connectivity index (χ0n) is 48.2. The number of piperazine rings is 2. The van der Waals surface area contributed by atoms with Crippen LogP contribution in [0.15, 0.2) is 72.8 Å². The molecule has 456 valence electrons. The highest BCUT2D eigenvalue weighted by atomic mass is 35.5. The maximum atomic E-state index is 13.6. The Kier molecular flexibility index (Phi) is 26.1. The van der Waals surface area contributed by atoms with Crippen molar-refractivity contribution in [3.8, 4) is 0 Å². The van der Waals surface area contributed by atoms with E-state index in [0.717, 1.165) is 23.3 Å². The van der Waals surface area contributed by atoms with Crippen molar-refractivity contribution in [3.63, 3.8) is 0 Å². The Labute approximate surface area is 501 Å². The lowest BCUT2D eigenvalue weighted by atomic mass is 9.94. The molecule has 0 radical (unpaired) electrons. The predicted octanol–water partition coefficient (Wildman–Crippen LogP) is 15.3. The van der Waals surface area contributed by atoms with E-state index in [9.17, 15) is 44.9 Å². The first-order valence-electron chi connectivity index (χ1n) is 27.1. The molecule has 6 rings (SSSR count). The van der Waals surface area contributed by atoms with E-state index in [1.165, 1.54) is 24.3 Å². The lowest BCUT2D eigenvalue weighted by molar-refractivity contribution is -0.138. The van der Waals surface area contributed by atoms with Crippen LogP contribution in [0.5, 0.6) is 0 Å². The zero-order valence-corrected chi connectivity index (χ0v) is 52.0. The molecule has 12 nitrogen and oxygen atoms in total. The van der Waals surface area contributed by atoms with Crippen molar-refractivity contribution in [2.75, 3.05) is 62.2 Å². The Morgan fingerprint density at radius 2 is 1.05 bits per heavy atom. The highest BCUT2D eigenvalue weighted by Crippen LogP contribution is 2.40. The number of anilines is 2. The number of hydrogen-bond donors (Lipinski definition) is 3. The van der Waals surface area contributed by atoms with Crippen molar-refractivity contribution >= 4 is 86.7 Å². The van der Waals surface area contributed by atoms with E-state index in [-0.39, 0.29) is 24.2 Å². The molecular formula is C59H78Cl4F6N6O6S. The van der Waals surface area contributed by atoms with Crippen LogP contribution >= 0.6 is 46.4 Å². The van der Waals surface area contributed by atoms with Crippen LogP contribution in [0, 0.1) is 11.8 Å². The summed E-state index contributed by atoms with van der Waals surface area (Å²) in [6, 6.07) is 16.8. The molecule has 0 unspecified atom stereocenters. The summed E-state index contributed by atoms with van der Waals surface area (Å²) in [6.07, 6.45) is -6.85. The van der Waals surface area contributed by atoms with Crippen molar-refractivity contribution in [1.29, 1.82) is 0 Å². The monoisotopic (exact) mass is 1250 g/mol. The van der Waals surface area contributed by atoms with Crippen molar-refractivity contribution < 1.29 is 54.8 Å². The van der Waals surface area contributed by atoms with Gasteiger partial charge < -0.3 is 35.2 Å². The van der Waals surface area contributed by atoms with Gasteiger partial charge >= 0.3 is 24.4 Å². The first-order chi connectivity index (χ1) is 37.9. The molecule has 2 aliphatic heterocycles. The van der Waals surface area contributed by atoms with Gasteiger partial charge in [-0.3, -0.25) is 9.59 Å². The van der Waals surface area contributed by atoms with E-state index in [1.807, 2.05) is 64.3 Å². The molecule has 0 spiro atoms. The molecule has 2 aliphatic rings. The molecule has 23 heteroatoms. The van der Waals surface area contributed by atoms with Crippen LogP contribution in [0.1, 0.15) is 140 Å². The third-order valence-electron chi connectivity index (χ3n) is 13.2. The molecule has 0 saturated carbocycles. The Morgan fingerprint density at radius 1 is 0.622 bits per heavy atom. The fourth-order valence-corrected chi connectivity index (χ4v) is 10.8. The fourth-order valence-electron chi connectivity index (χ4n) is 9.01. The molecule has 0 aromatic heterocycles. The van der Waals surface area contributed by atoms with Gasteiger partial charge in [-0.05, 0) is 162 Å². The third kappa shape index (κ3) is 22.5. The summed E-state index contributed by atoms with van der Waals surface area (Å²) in [7, 11) is -1.47. The number of aryl methyl sites for hydroxylation is 2. The molecule has 2 saturated heterocycles. The second kappa shape index (κ2) is 30.5. The number of aliphatic carboxylic acids is 1. The maximum absolute atomic E-state index is 13.6. The number of carboxylic acids is 1. The Bertz CT molecular complexity index is 2800. The van der Waals surface area contributed by atoms with Crippen molar-refractivity contribution in [3.05, 3.63) is 126 Å². The van der Waals surface area contributed by atoms with Gasteiger partial charge in [-0.25, -0.2) is 13.7 Å². The average molecular weight is 1260 g/mol. The standard InChI is InChI=1S/C25H30Cl2F3N3O.C25H40F3N3O3S.C9H8Cl2O2/c1-16(2)13-22(31)20-14-18(25(28,29)30)5-7-23(20)32-9-11-33(12-10-32)24(34)8-4-17-3-6-19(26)15-21(17)27;1-17(2)15-20(29-35(33)24(6,7)8)19-16-18(25(26,27)28)9-10-21(19)30-11-13-31(14-12-30)22(32)34-23(3,4)5;10-7-3-1-6(8(11)5-7)2-4-9(12)13/h3,5-7,14-16,22H,4,8-13,31H2,1-2H3;9-10,16-17,20,29H,11-15H2,1-8H3;1,3,5H,2,4H2,(H,12,13)/t22-;20-,35-;/m00./s1. The molecule has 2 fully saturated rings. The van der Waals surface area contributed by atoms with Crippen LogP contribution < -0.4 is 20.3 Å². The zero-order chi connectivity index (χ0) is 61.7. The Morgan fingerprint density at radius 3 is 1.45 bits per heavy atom. The number of halogens is 10. The number of ether oxygens (including phenoxy) is 1. The number of amides is 2. The van der Waals surface area contributed by atoms with Crippen molar-refractivity contribution in [2.24, 2.45) is 17.6 Å². The number of nitrogens with zero attached hydrogens (tertiary/aromatic N) is 4. The summed E-state index contributed by atoms with van der Waals surface area (Å²) < 4.78 is 102. The molecule has 2 amide bonds. The largest absolute Gasteiger partial charge is 0.481 e. The van der Waals surface area contributed by atoms with Gasteiger partial charge in [0.05, 0.1) is 26.9 Å². The van der Waals surface area contributed by atoms with E-state index in [4.69, 9.17) is 62.0 Å². The number of nitrogens with one attached hydrogen (secondary N) is 1. The highest BCUT2D eigenvalue weighted by molar-refractivity contribution is 7.84. The van der Waals surface area contributed by atoms with Crippen LogP contribution in [0.25, 0.3) is 0 Å². The average Bonchev–Trinajstić information content (AvgIpc) is 3.38. The normalized spacial score (nSPS) is 15.5. The van der Waals surface area contributed by atoms with E-state index in [0.29, 0.717) is 127 Å².